The maximum absolute atomic E-state index is 12.7. The Bertz CT molecular complexity index is 1220. The van der Waals surface area contributed by atoms with Gasteiger partial charge >= 0.3 is 0 Å². The summed E-state index contributed by atoms with van der Waals surface area (Å²) in [6, 6.07) is 4.68. The molecule has 0 fully saturated rings. The molecule has 0 atom stereocenters. The van der Waals surface area contributed by atoms with E-state index in [4.69, 9.17) is 17.3 Å². The molecular weight excluding hydrogens is 432 g/mol. The fraction of sp³-hybridized carbons (Fsp3) is 0.318. The predicted molar refractivity (Wildman–Crippen MR) is 122 cm³/mol. The number of hydrogen-bond donors (Lipinski definition) is 3. The maximum Gasteiger partial charge on any atom is 0.254 e. The molecule has 3 rings (SSSR count). The van der Waals surface area contributed by atoms with E-state index >= 15 is 0 Å². The first kappa shape index (κ1) is 23.2. The number of halogens is 1. The molecule has 0 radical (unpaired) electrons. The number of aryl methyl sites for hydroxylation is 2. The first-order valence-corrected chi connectivity index (χ1v) is 10.5. The number of anilines is 1. The average Bonchev–Trinajstić information content (AvgIpc) is 3.11. The number of aromatic nitrogens is 3. The highest BCUT2D eigenvalue weighted by Gasteiger charge is 2.18. The number of hydrogen-bond acceptors (Lipinski definition) is 5. The summed E-state index contributed by atoms with van der Waals surface area (Å²) >= 11 is 6.07. The highest BCUT2D eigenvalue weighted by molar-refractivity contribution is 6.31. The Morgan fingerprint density at radius 1 is 1.19 bits per heavy atom. The van der Waals surface area contributed by atoms with Crippen molar-refractivity contribution in [1.29, 1.82) is 0 Å². The van der Waals surface area contributed by atoms with E-state index in [1.165, 1.54) is 6.20 Å². The Kier molecular flexibility index (Phi) is 6.78. The van der Waals surface area contributed by atoms with E-state index in [0.717, 1.165) is 11.3 Å². The van der Waals surface area contributed by atoms with E-state index in [-0.39, 0.29) is 29.8 Å². The molecule has 0 bridgehead atoms. The lowest BCUT2D eigenvalue weighted by molar-refractivity contribution is -0.116. The molecule has 0 saturated carbocycles. The third-order valence-corrected chi connectivity index (χ3v) is 5.23. The number of carbonyl (C=O) groups is 3. The van der Waals surface area contributed by atoms with Crippen LogP contribution in [0.2, 0.25) is 5.02 Å². The molecule has 9 nitrogen and oxygen atoms in total. The van der Waals surface area contributed by atoms with Crippen LogP contribution < -0.4 is 16.4 Å². The number of nitrogens with one attached hydrogen (secondary N) is 2. The Balaban J connectivity index is 1.79. The lowest BCUT2D eigenvalue weighted by Gasteiger charge is -2.14. The summed E-state index contributed by atoms with van der Waals surface area (Å²) in [6.07, 6.45) is 1.93. The first-order chi connectivity index (χ1) is 15.1. The zero-order valence-electron chi connectivity index (χ0n) is 18.3. The second-order valence-electron chi connectivity index (χ2n) is 7.79. The second-order valence-corrected chi connectivity index (χ2v) is 8.22. The minimum Gasteiger partial charge on any atom is -0.365 e. The van der Waals surface area contributed by atoms with E-state index in [0.29, 0.717) is 34.0 Å². The van der Waals surface area contributed by atoms with Crippen molar-refractivity contribution in [3.8, 4) is 0 Å². The highest BCUT2D eigenvalue weighted by Crippen LogP contribution is 2.23. The van der Waals surface area contributed by atoms with Crippen LogP contribution in [0.3, 0.4) is 0 Å². The quantitative estimate of drug-likeness (QED) is 0.503. The SMILES string of the molecule is Cc1nc2c(C(N)=O)cnn2c(C)c1CCC(=O)Nc1cc(Cl)ccc1C(=O)NC(C)C. The smallest absolute Gasteiger partial charge is 0.254 e. The molecule has 3 amide bonds. The van der Waals surface area contributed by atoms with Crippen LogP contribution in [-0.2, 0) is 11.2 Å². The van der Waals surface area contributed by atoms with Gasteiger partial charge in [0.2, 0.25) is 5.91 Å². The van der Waals surface area contributed by atoms with E-state index < -0.39 is 5.91 Å². The van der Waals surface area contributed by atoms with Gasteiger partial charge in [0.1, 0.15) is 5.56 Å². The molecule has 0 aliphatic heterocycles. The molecule has 0 spiro atoms. The van der Waals surface area contributed by atoms with Gasteiger partial charge in [-0.2, -0.15) is 5.10 Å². The van der Waals surface area contributed by atoms with Crippen LogP contribution in [0.5, 0.6) is 0 Å². The lowest BCUT2D eigenvalue weighted by atomic mass is 10.1. The Labute approximate surface area is 190 Å². The molecule has 3 aromatic rings. The van der Waals surface area contributed by atoms with Gasteiger partial charge in [0.05, 0.1) is 17.4 Å². The summed E-state index contributed by atoms with van der Waals surface area (Å²) in [6.45, 7) is 7.36. The van der Waals surface area contributed by atoms with Crippen molar-refractivity contribution in [1.82, 2.24) is 19.9 Å². The molecular formula is C22H25ClN6O3. The molecule has 0 aliphatic rings. The van der Waals surface area contributed by atoms with E-state index in [1.54, 1.807) is 22.7 Å². The third kappa shape index (κ3) is 4.88. The second kappa shape index (κ2) is 9.35. The van der Waals surface area contributed by atoms with Crippen molar-refractivity contribution in [3.05, 3.63) is 57.5 Å². The fourth-order valence-corrected chi connectivity index (χ4v) is 3.63. The standard InChI is InChI=1S/C22H25ClN6O3/c1-11(2)26-22(32)16-6-5-14(23)9-18(16)28-19(30)8-7-15-12(3)27-21-17(20(24)31)10-25-29(21)13(15)4/h5-6,9-11H,7-8H2,1-4H3,(H2,24,31)(H,26,32)(H,28,30). The van der Waals surface area contributed by atoms with Gasteiger partial charge in [-0.15, -0.1) is 0 Å². The predicted octanol–water partition coefficient (Wildman–Crippen LogP) is 2.81. The summed E-state index contributed by atoms with van der Waals surface area (Å²) in [5.74, 6) is -1.17. The van der Waals surface area contributed by atoms with Gasteiger partial charge < -0.3 is 16.4 Å². The minimum atomic E-state index is -0.600. The number of fused-ring (bicyclic) bond motifs is 1. The zero-order valence-corrected chi connectivity index (χ0v) is 19.1. The number of primary amides is 1. The van der Waals surface area contributed by atoms with Gasteiger partial charge in [-0.3, -0.25) is 14.4 Å². The van der Waals surface area contributed by atoms with Crippen molar-refractivity contribution in [2.24, 2.45) is 5.73 Å². The average molecular weight is 457 g/mol. The molecule has 0 unspecified atom stereocenters. The summed E-state index contributed by atoms with van der Waals surface area (Å²) in [5.41, 5.74) is 9.00. The van der Waals surface area contributed by atoms with Crippen molar-refractivity contribution in [2.75, 3.05) is 5.32 Å². The van der Waals surface area contributed by atoms with Crippen molar-refractivity contribution >= 4 is 40.7 Å². The van der Waals surface area contributed by atoms with E-state index in [2.05, 4.69) is 20.7 Å². The Morgan fingerprint density at radius 3 is 2.56 bits per heavy atom. The van der Waals surface area contributed by atoms with Gasteiger partial charge in [-0.05, 0) is 57.9 Å². The van der Waals surface area contributed by atoms with Crippen LogP contribution >= 0.6 is 11.6 Å². The minimum absolute atomic E-state index is 0.0486. The van der Waals surface area contributed by atoms with E-state index in [1.807, 2.05) is 27.7 Å². The number of nitrogens with two attached hydrogens (primary N) is 1. The van der Waals surface area contributed by atoms with Crippen LogP contribution in [-0.4, -0.2) is 38.4 Å². The Morgan fingerprint density at radius 2 is 1.91 bits per heavy atom. The maximum atomic E-state index is 12.7. The number of carbonyl (C=O) groups excluding carboxylic acids is 3. The van der Waals surface area contributed by atoms with Gasteiger partial charge in [0, 0.05) is 28.9 Å². The molecule has 0 saturated heterocycles. The molecule has 2 heterocycles. The number of nitrogens with zero attached hydrogens (tertiary/aromatic N) is 3. The van der Waals surface area contributed by atoms with Crippen molar-refractivity contribution < 1.29 is 14.4 Å². The summed E-state index contributed by atoms with van der Waals surface area (Å²) in [5, 5.41) is 10.2. The summed E-state index contributed by atoms with van der Waals surface area (Å²) < 4.78 is 1.55. The van der Waals surface area contributed by atoms with Crippen LogP contribution in [0.25, 0.3) is 5.65 Å². The van der Waals surface area contributed by atoms with Gasteiger partial charge in [0.15, 0.2) is 5.65 Å². The summed E-state index contributed by atoms with van der Waals surface area (Å²) in [7, 11) is 0. The normalized spacial score (nSPS) is 11.1. The molecule has 1 aromatic carbocycles. The van der Waals surface area contributed by atoms with Gasteiger partial charge in [-0.25, -0.2) is 9.50 Å². The van der Waals surface area contributed by atoms with Crippen LogP contribution in [0.15, 0.2) is 24.4 Å². The first-order valence-electron chi connectivity index (χ1n) is 10.1. The van der Waals surface area contributed by atoms with Crippen molar-refractivity contribution in [2.45, 2.75) is 46.6 Å². The topological polar surface area (TPSA) is 131 Å². The zero-order chi connectivity index (χ0) is 23.6. The number of amides is 3. The third-order valence-electron chi connectivity index (χ3n) is 5.00. The van der Waals surface area contributed by atoms with Crippen LogP contribution in [0.4, 0.5) is 5.69 Å². The molecule has 0 aliphatic carbocycles. The molecule has 10 heteroatoms. The number of rotatable bonds is 7. The lowest BCUT2D eigenvalue weighted by Crippen LogP contribution is -2.31. The molecule has 32 heavy (non-hydrogen) atoms. The molecule has 168 valence electrons. The van der Waals surface area contributed by atoms with Gasteiger partial charge in [-0.1, -0.05) is 11.6 Å². The van der Waals surface area contributed by atoms with Gasteiger partial charge in [0.25, 0.3) is 11.8 Å². The molecule has 4 N–H and O–H groups in total. The Hall–Kier alpha value is -3.46. The van der Waals surface area contributed by atoms with Crippen molar-refractivity contribution in [3.63, 3.8) is 0 Å². The summed E-state index contributed by atoms with van der Waals surface area (Å²) in [4.78, 5) is 41.2. The van der Waals surface area contributed by atoms with E-state index in [9.17, 15) is 14.4 Å². The molecule has 2 aromatic heterocycles. The monoisotopic (exact) mass is 456 g/mol. The number of benzene rings is 1. The van der Waals surface area contributed by atoms with Crippen LogP contribution in [0.1, 0.15) is 57.9 Å². The van der Waals surface area contributed by atoms with Crippen LogP contribution in [0, 0.1) is 13.8 Å². The fourth-order valence-electron chi connectivity index (χ4n) is 3.46. The largest absolute Gasteiger partial charge is 0.365 e. The highest BCUT2D eigenvalue weighted by atomic mass is 35.5.